The minimum absolute atomic E-state index is 0.532. The highest BCUT2D eigenvalue weighted by molar-refractivity contribution is 7.09. The van der Waals surface area contributed by atoms with Crippen molar-refractivity contribution in [2.24, 2.45) is 0 Å². The first-order valence-electron chi connectivity index (χ1n) is 7.10. The van der Waals surface area contributed by atoms with Crippen molar-refractivity contribution in [1.82, 2.24) is 9.88 Å². The molecule has 0 spiro atoms. The molecule has 0 saturated carbocycles. The molecule has 20 heavy (non-hydrogen) atoms. The maximum absolute atomic E-state index is 4.31. The normalized spacial score (nSPS) is 12.6. The van der Waals surface area contributed by atoms with Gasteiger partial charge in [0.15, 0.2) is 0 Å². The minimum Gasteiger partial charge on any atom is -0.370 e. The van der Waals surface area contributed by atoms with Crippen LogP contribution in [0.3, 0.4) is 0 Å². The van der Waals surface area contributed by atoms with Crippen molar-refractivity contribution in [3.63, 3.8) is 0 Å². The van der Waals surface area contributed by atoms with Crippen LogP contribution in [0.1, 0.15) is 24.3 Å². The van der Waals surface area contributed by atoms with Gasteiger partial charge in [0, 0.05) is 30.2 Å². The third kappa shape index (κ3) is 4.32. The van der Waals surface area contributed by atoms with Gasteiger partial charge in [-0.25, -0.2) is 4.98 Å². The molecule has 108 valence electrons. The van der Waals surface area contributed by atoms with Crippen molar-refractivity contribution in [3.05, 3.63) is 46.3 Å². The van der Waals surface area contributed by atoms with Crippen molar-refractivity contribution in [1.29, 1.82) is 0 Å². The number of hydrogen-bond donors (Lipinski definition) is 1. The molecule has 0 aliphatic heterocycles. The van der Waals surface area contributed by atoms with E-state index in [0.717, 1.165) is 25.3 Å². The summed E-state index contributed by atoms with van der Waals surface area (Å²) in [5, 5.41) is 5.41. The van der Waals surface area contributed by atoms with Gasteiger partial charge in [0.25, 0.3) is 0 Å². The van der Waals surface area contributed by atoms with Gasteiger partial charge in [-0.1, -0.05) is 6.07 Å². The van der Waals surface area contributed by atoms with Crippen LogP contribution in [-0.4, -0.2) is 29.5 Å². The number of nitrogens with zero attached hydrogens (tertiary/aromatic N) is 2. The van der Waals surface area contributed by atoms with E-state index in [-0.39, 0.29) is 0 Å². The molecule has 1 unspecified atom stereocenters. The van der Waals surface area contributed by atoms with Crippen molar-refractivity contribution < 1.29 is 0 Å². The Labute approximate surface area is 125 Å². The van der Waals surface area contributed by atoms with Gasteiger partial charge in [-0.15, -0.1) is 11.3 Å². The van der Waals surface area contributed by atoms with Crippen LogP contribution in [0.15, 0.2) is 35.8 Å². The molecule has 2 aromatic heterocycles. The summed E-state index contributed by atoms with van der Waals surface area (Å²) in [6.45, 7) is 6.23. The van der Waals surface area contributed by atoms with Crippen LogP contribution < -0.4 is 5.32 Å². The molecule has 4 heteroatoms. The highest BCUT2D eigenvalue weighted by Gasteiger charge is 2.11. The predicted molar refractivity (Wildman–Crippen MR) is 87.4 cm³/mol. The molecule has 0 amide bonds. The van der Waals surface area contributed by atoms with E-state index in [4.69, 9.17) is 0 Å². The highest BCUT2D eigenvalue weighted by atomic mass is 32.1. The maximum atomic E-state index is 4.31. The Bertz CT molecular complexity index is 510. The maximum Gasteiger partial charge on any atom is 0.126 e. The van der Waals surface area contributed by atoms with E-state index in [9.17, 15) is 0 Å². The van der Waals surface area contributed by atoms with E-state index < -0.39 is 0 Å². The number of anilines is 1. The molecule has 0 aromatic carbocycles. The Morgan fingerprint density at radius 1 is 1.40 bits per heavy atom. The van der Waals surface area contributed by atoms with E-state index in [1.165, 1.54) is 10.4 Å². The standard InChI is InChI=1S/C16H23N3S/c1-4-17-16-11-14(7-8-18-16)12-19(3)13(2)10-15-6-5-9-20-15/h5-9,11,13H,4,10,12H2,1-3H3,(H,17,18). The van der Waals surface area contributed by atoms with Crippen LogP contribution in [0.4, 0.5) is 5.82 Å². The molecule has 2 heterocycles. The summed E-state index contributed by atoms with van der Waals surface area (Å²) >= 11 is 1.84. The lowest BCUT2D eigenvalue weighted by molar-refractivity contribution is 0.249. The summed E-state index contributed by atoms with van der Waals surface area (Å²) in [5.41, 5.74) is 1.30. The van der Waals surface area contributed by atoms with Crippen molar-refractivity contribution >= 4 is 17.2 Å². The Morgan fingerprint density at radius 2 is 2.25 bits per heavy atom. The summed E-state index contributed by atoms with van der Waals surface area (Å²) < 4.78 is 0. The number of likely N-dealkylation sites (N-methyl/N-ethyl adjacent to an activating group) is 1. The average molecular weight is 289 g/mol. The quantitative estimate of drug-likeness (QED) is 0.843. The van der Waals surface area contributed by atoms with Crippen LogP contribution in [0.25, 0.3) is 0 Å². The fraction of sp³-hybridized carbons (Fsp3) is 0.438. The number of rotatable bonds is 7. The Morgan fingerprint density at radius 3 is 2.95 bits per heavy atom. The molecule has 0 aliphatic carbocycles. The third-order valence-electron chi connectivity index (χ3n) is 3.44. The largest absolute Gasteiger partial charge is 0.370 e. The first kappa shape index (κ1) is 15.0. The number of nitrogens with one attached hydrogen (secondary N) is 1. The van der Waals surface area contributed by atoms with Gasteiger partial charge < -0.3 is 5.32 Å². The van der Waals surface area contributed by atoms with Crippen LogP contribution >= 0.6 is 11.3 Å². The minimum atomic E-state index is 0.532. The lowest BCUT2D eigenvalue weighted by Crippen LogP contribution is -2.30. The van der Waals surface area contributed by atoms with E-state index >= 15 is 0 Å². The molecular formula is C16H23N3S. The van der Waals surface area contributed by atoms with E-state index in [2.05, 4.69) is 65.7 Å². The molecule has 0 aliphatic rings. The first-order valence-corrected chi connectivity index (χ1v) is 7.98. The summed E-state index contributed by atoms with van der Waals surface area (Å²) in [6, 6.07) is 9.10. The van der Waals surface area contributed by atoms with Crippen LogP contribution in [0, 0.1) is 0 Å². The lowest BCUT2D eigenvalue weighted by atomic mass is 10.1. The van der Waals surface area contributed by atoms with Crippen LogP contribution in [-0.2, 0) is 13.0 Å². The number of thiophene rings is 1. The summed E-state index contributed by atoms with van der Waals surface area (Å²) in [6.07, 6.45) is 2.99. The topological polar surface area (TPSA) is 28.2 Å². The molecule has 0 saturated heterocycles. The molecule has 0 radical (unpaired) electrons. The molecule has 2 aromatic rings. The number of pyridine rings is 1. The SMILES string of the molecule is CCNc1cc(CN(C)C(C)Cc2cccs2)ccn1. The monoisotopic (exact) mass is 289 g/mol. The summed E-state index contributed by atoms with van der Waals surface area (Å²) in [4.78, 5) is 8.16. The molecule has 0 fully saturated rings. The summed E-state index contributed by atoms with van der Waals surface area (Å²) in [5.74, 6) is 0.962. The molecule has 3 nitrogen and oxygen atoms in total. The Hall–Kier alpha value is -1.39. The number of aromatic nitrogens is 1. The van der Waals surface area contributed by atoms with E-state index in [1.807, 2.05) is 17.5 Å². The fourth-order valence-corrected chi connectivity index (χ4v) is 3.00. The number of hydrogen-bond acceptors (Lipinski definition) is 4. The fourth-order valence-electron chi connectivity index (χ4n) is 2.17. The van der Waals surface area contributed by atoms with Gasteiger partial charge in [0.05, 0.1) is 0 Å². The highest BCUT2D eigenvalue weighted by Crippen LogP contribution is 2.16. The van der Waals surface area contributed by atoms with Gasteiger partial charge in [0.2, 0.25) is 0 Å². The van der Waals surface area contributed by atoms with Gasteiger partial charge >= 0.3 is 0 Å². The Kier molecular flexibility index (Phi) is 5.56. The third-order valence-corrected chi connectivity index (χ3v) is 4.34. The second-order valence-electron chi connectivity index (χ2n) is 5.13. The molecule has 1 N–H and O–H groups in total. The van der Waals surface area contributed by atoms with Gasteiger partial charge in [-0.05, 0) is 56.5 Å². The lowest BCUT2D eigenvalue weighted by Gasteiger charge is -2.24. The molecule has 2 rings (SSSR count). The zero-order chi connectivity index (χ0) is 14.4. The van der Waals surface area contributed by atoms with Gasteiger partial charge in [-0.3, -0.25) is 4.90 Å². The van der Waals surface area contributed by atoms with Crippen LogP contribution in [0.2, 0.25) is 0 Å². The van der Waals surface area contributed by atoms with Crippen molar-refractivity contribution in [3.8, 4) is 0 Å². The molecule has 0 bridgehead atoms. The second kappa shape index (κ2) is 7.41. The van der Waals surface area contributed by atoms with Crippen molar-refractivity contribution in [2.45, 2.75) is 32.9 Å². The zero-order valence-electron chi connectivity index (χ0n) is 12.5. The Balaban J connectivity index is 1.92. The van der Waals surface area contributed by atoms with Crippen molar-refractivity contribution in [2.75, 3.05) is 18.9 Å². The first-order chi connectivity index (χ1) is 9.69. The zero-order valence-corrected chi connectivity index (χ0v) is 13.3. The van der Waals surface area contributed by atoms with Gasteiger partial charge in [0.1, 0.15) is 5.82 Å². The second-order valence-corrected chi connectivity index (χ2v) is 6.16. The average Bonchev–Trinajstić information content (AvgIpc) is 2.92. The van der Waals surface area contributed by atoms with E-state index in [0.29, 0.717) is 6.04 Å². The molecular weight excluding hydrogens is 266 g/mol. The molecule has 1 atom stereocenters. The van der Waals surface area contributed by atoms with Crippen LogP contribution in [0.5, 0.6) is 0 Å². The van der Waals surface area contributed by atoms with Gasteiger partial charge in [-0.2, -0.15) is 0 Å². The predicted octanol–water partition coefficient (Wildman–Crippen LogP) is 3.64. The summed E-state index contributed by atoms with van der Waals surface area (Å²) in [7, 11) is 2.19. The van der Waals surface area contributed by atoms with E-state index in [1.54, 1.807) is 0 Å². The smallest absolute Gasteiger partial charge is 0.126 e.